The third kappa shape index (κ3) is 4.55. The van der Waals surface area contributed by atoms with Gasteiger partial charge < -0.3 is 10.1 Å². The van der Waals surface area contributed by atoms with Gasteiger partial charge in [0.1, 0.15) is 4.83 Å². The first-order chi connectivity index (χ1) is 14.9. The Morgan fingerprint density at radius 3 is 2.45 bits per heavy atom. The zero-order valence-corrected chi connectivity index (χ0v) is 18.4. The minimum absolute atomic E-state index is 0.210. The molecule has 0 radical (unpaired) electrons. The van der Waals surface area contributed by atoms with Gasteiger partial charge in [0.2, 0.25) is 0 Å². The Kier molecular flexibility index (Phi) is 5.92. The van der Waals surface area contributed by atoms with Crippen molar-refractivity contribution in [3.8, 4) is 0 Å². The number of methoxy groups -OCH3 is 1. The Bertz CT molecular complexity index is 1260. The molecule has 0 saturated carbocycles. The monoisotopic (exact) mass is 454 g/mol. The van der Waals surface area contributed by atoms with E-state index in [1.807, 2.05) is 41.9 Å². The van der Waals surface area contributed by atoms with Gasteiger partial charge in [-0.3, -0.25) is 14.8 Å². The summed E-state index contributed by atoms with van der Waals surface area (Å²) in [7, 11) is 1.30. The number of hydrogen-bond donors (Lipinski definition) is 2. The number of nitrogens with one attached hydrogen (secondary N) is 2. The highest BCUT2D eigenvalue weighted by Crippen LogP contribution is 2.30. The number of anilines is 2. The van der Waals surface area contributed by atoms with E-state index in [9.17, 15) is 9.59 Å². The van der Waals surface area contributed by atoms with Gasteiger partial charge in [-0.05, 0) is 48.9 Å². The van der Waals surface area contributed by atoms with Crippen LogP contribution in [0.2, 0.25) is 5.02 Å². The summed E-state index contributed by atoms with van der Waals surface area (Å²) in [6.07, 6.45) is -0.553. The quantitative estimate of drug-likeness (QED) is 0.414. The van der Waals surface area contributed by atoms with Crippen molar-refractivity contribution in [1.29, 1.82) is 0 Å². The molecule has 4 rings (SSSR count). The summed E-state index contributed by atoms with van der Waals surface area (Å²) in [4.78, 5) is 25.5. The van der Waals surface area contributed by atoms with E-state index in [4.69, 9.17) is 11.6 Å². The Morgan fingerprint density at radius 1 is 1.10 bits per heavy atom. The lowest BCUT2D eigenvalue weighted by atomic mass is 10.2. The lowest BCUT2D eigenvalue weighted by Crippen LogP contribution is -2.12. The Balaban J connectivity index is 1.52. The molecule has 158 valence electrons. The standard InChI is InChI=1S/C22H19ClN4O3S/c1-13-17-11-19(20(28)24-15-7-9-16(10-8-15)25-22(29)30-2)31-21(17)27(26-13)12-14-5-3-4-6-18(14)23/h3-11H,12H2,1-2H3,(H,24,28)(H,25,29). The number of rotatable bonds is 5. The maximum absolute atomic E-state index is 12.8. The zero-order chi connectivity index (χ0) is 22.0. The van der Waals surface area contributed by atoms with Gasteiger partial charge >= 0.3 is 6.09 Å². The number of ether oxygens (including phenoxy) is 1. The molecule has 7 nitrogen and oxygen atoms in total. The van der Waals surface area contributed by atoms with Gasteiger partial charge in [-0.15, -0.1) is 11.3 Å². The van der Waals surface area contributed by atoms with Crippen molar-refractivity contribution in [2.75, 3.05) is 17.7 Å². The van der Waals surface area contributed by atoms with Crippen molar-refractivity contribution in [2.24, 2.45) is 0 Å². The summed E-state index contributed by atoms with van der Waals surface area (Å²) >= 11 is 7.68. The van der Waals surface area contributed by atoms with Gasteiger partial charge in [-0.2, -0.15) is 5.10 Å². The highest BCUT2D eigenvalue weighted by atomic mass is 35.5. The molecule has 4 aromatic rings. The van der Waals surface area contributed by atoms with E-state index in [1.54, 1.807) is 24.3 Å². The molecule has 0 spiro atoms. The van der Waals surface area contributed by atoms with E-state index in [0.29, 0.717) is 27.8 Å². The molecule has 0 fully saturated rings. The number of aryl methyl sites for hydroxylation is 1. The highest BCUT2D eigenvalue weighted by molar-refractivity contribution is 7.20. The number of amides is 2. The summed E-state index contributed by atoms with van der Waals surface area (Å²) in [5.74, 6) is -0.210. The van der Waals surface area contributed by atoms with Crippen LogP contribution in [0.4, 0.5) is 16.2 Å². The van der Waals surface area contributed by atoms with Gasteiger partial charge in [-0.1, -0.05) is 29.8 Å². The van der Waals surface area contributed by atoms with E-state index in [-0.39, 0.29) is 5.91 Å². The summed E-state index contributed by atoms with van der Waals surface area (Å²) < 4.78 is 6.43. The number of halogens is 1. The zero-order valence-electron chi connectivity index (χ0n) is 16.8. The maximum Gasteiger partial charge on any atom is 0.411 e. The molecular formula is C22H19ClN4O3S. The van der Waals surface area contributed by atoms with Crippen molar-refractivity contribution in [3.05, 3.63) is 75.8 Å². The highest BCUT2D eigenvalue weighted by Gasteiger charge is 2.17. The fraction of sp³-hybridized carbons (Fsp3) is 0.136. The van der Waals surface area contributed by atoms with Crippen LogP contribution < -0.4 is 10.6 Å². The number of fused-ring (bicyclic) bond motifs is 1. The number of hydrogen-bond acceptors (Lipinski definition) is 5. The predicted octanol–water partition coefficient (Wildman–Crippen LogP) is 5.54. The molecule has 31 heavy (non-hydrogen) atoms. The SMILES string of the molecule is COC(=O)Nc1ccc(NC(=O)c2cc3c(C)nn(Cc4ccccc4Cl)c3s2)cc1. The smallest absolute Gasteiger partial charge is 0.411 e. The predicted molar refractivity (Wildman–Crippen MR) is 123 cm³/mol. The summed E-state index contributed by atoms with van der Waals surface area (Å²) in [6.45, 7) is 2.45. The molecular weight excluding hydrogens is 436 g/mol. The number of aromatic nitrogens is 2. The molecule has 9 heteroatoms. The maximum atomic E-state index is 12.8. The van der Waals surface area contributed by atoms with Gasteiger partial charge in [0.15, 0.2) is 0 Å². The van der Waals surface area contributed by atoms with Gasteiger partial charge in [0.05, 0.1) is 24.2 Å². The summed E-state index contributed by atoms with van der Waals surface area (Å²) in [6, 6.07) is 16.3. The first kappa shape index (κ1) is 20.9. The second-order valence-corrected chi connectivity index (χ2v) is 8.25. The molecule has 0 bridgehead atoms. The van der Waals surface area contributed by atoms with E-state index in [1.165, 1.54) is 18.4 Å². The number of thiophene rings is 1. The molecule has 2 heterocycles. The van der Waals surface area contributed by atoms with E-state index >= 15 is 0 Å². The fourth-order valence-electron chi connectivity index (χ4n) is 3.12. The second kappa shape index (κ2) is 8.79. The average molecular weight is 455 g/mol. The number of nitrogens with zero attached hydrogens (tertiary/aromatic N) is 2. The van der Waals surface area contributed by atoms with E-state index < -0.39 is 6.09 Å². The fourth-order valence-corrected chi connectivity index (χ4v) is 4.37. The molecule has 2 N–H and O–H groups in total. The molecule has 2 aromatic heterocycles. The first-order valence-electron chi connectivity index (χ1n) is 9.41. The van der Waals surface area contributed by atoms with Gasteiger partial charge in [-0.25, -0.2) is 4.79 Å². The van der Waals surface area contributed by atoms with Crippen LogP contribution in [0.5, 0.6) is 0 Å². The lowest BCUT2D eigenvalue weighted by Gasteiger charge is -2.07. The van der Waals surface area contributed by atoms with E-state index in [0.717, 1.165) is 21.5 Å². The third-order valence-corrected chi connectivity index (χ3v) is 6.20. The van der Waals surface area contributed by atoms with Crippen molar-refractivity contribution < 1.29 is 14.3 Å². The van der Waals surface area contributed by atoms with Crippen LogP contribution in [0.15, 0.2) is 54.6 Å². The molecule has 2 aromatic carbocycles. The van der Waals surface area contributed by atoms with Crippen LogP contribution in [0.1, 0.15) is 20.9 Å². The van der Waals surface area contributed by atoms with Crippen LogP contribution in [0.3, 0.4) is 0 Å². The van der Waals surface area contributed by atoms with E-state index in [2.05, 4.69) is 20.5 Å². The first-order valence-corrected chi connectivity index (χ1v) is 10.6. The number of benzene rings is 2. The largest absolute Gasteiger partial charge is 0.453 e. The van der Waals surface area contributed by atoms with Crippen LogP contribution in [0, 0.1) is 6.92 Å². The van der Waals surface area contributed by atoms with Crippen molar-refractivity contribution >= 4 is 56.5 Å². The Morgan fingerprint density at radius 2 is 1.77 bits per heavy atom. The second-order valence-electron chi connectivity index (χ2n) is 6.81. The topological polar surface area (TPSA) is 85.2 Å². The summed E-state index contributed by atoms with van der Waals surface area (Å²) in [5.41, 5.74) is 3.01. The normalized spacial score (nSPS) is 10.8. The minimum atomic E-state index is -0.553. The number of carbonyl (C=O) groups is 2. The number of carbonyl (C=O) groups excluding carboxylic acids is 2. The van der Waals surface area contributed by atoms with Crippen molar-refractivity contribution in [3.63, 3.8) is 0 Å². The molecule has 0 aliphatic rings. The molecule has 0 atom stereocenters. The van der Waals surface area contributed by atoms with Crippen molar-refractivity contribution in [1.82, 2.24) is 9.78 Å². The molecule has 2 amide bonds. The summed E-state index contributed by atoms with van der Waals surface area (Å²) in [5, 5.41) is 11.7. The molecule has 0 aliphatic heterocycles. The van der Waals surface area contributed by atoms with Crippen LogP contribution in [-0.4, -0.2) is 28.9 Å². The van der Waals surface area contributed by atoms with Crippen LogP contribution >= 0.6 is 22.9 Å². The Hall–Kier alpha value is -3.36. The van der Waals surface area contributed by atoms with Gasteiger partial charge in [0.25, 0.3) is 5.91 Å². The molecule has 0 unspecified atom stereocenters. The third-order valence-electron chi connectivity index (χ3n) is 4.68. The molecule has 0 saturated heterocycles. The minimum Gasteiger partial charge on any atom is -0.453 e. The molecule has 0 aliphatic carbocycles. The Labute approximate surface area is 187 Å². The van der Waals surface area contributed by atoms with Gasteiger partial charge in [0, 0.05) is 21.8 Å². The lowest BCUT2D eigenvalue weighted by molar-refractivity contribution is 0.103. The van der Waals surface area contributed by atoms with Crippen LogP contribution in [-0.2, 0) is 11.3 Å². The van der Waals surface area contributed by atoms with Crippen molar-refractivity contribution in [2.45, 2.75) is 13.5 Å². The average Bonchev–Trinajstić information content (AvgIpc) is 3.32. The van der Waals surface area contributed by atoms with Crippen LogP contribution in [0.25, 0.3) is 10.2 Å².